The first-order chi connectivity index (χ1) is 15.8. The van der Waals surface area contributed by atoms with Crippen molar-refractivity contribution in [1.29, 1.82) is 0 Å². The minimum absolute atomic E-state index is 0.0819. The van der Waals surface area contributed by atoms with Crippen LogP contribution >= 0.6 is 0 Å². The Kier molecular flexibility index (Phi) is 8.02. The fraction of sp³-hybridized carbons (Fsp3) is 0.269. The summed E-state index contributed by atoms with van der Waals surface area (Å²) in [5, 5.41) is 3.39. The molecular formula is C26H30N2O4S. The number of benzene rings is 3. The molecule has 0 radical (unpaired) electrons. The first-order valence-corrected chi connectivity index (χ1v) is 12.3. The maximum Gasteiger partial charge on any atom is 0.329 e. The third-order valence-corrected chi connectivity index (χ3v) is 7.03. The quantitative estimate of drug-likeness (QED) is 0.439. The van der Waals surface area contributed by atoms with Crippen LogP contribution in [0.15, 0.2) is 89.8 Å². The summed E-state index contributed by atoms with van der Waals surface area (Å²) < 4.78 is 34.7. The second-order valence-electron chi connectivity index (χ2n) is 8.05. The van der Waals surface area contributed by atoms with E-state index in [1.165, 1.54) is 12.1 Å². The fourth-order valence-corrected chi connectivity index (χ4v) is 5.04. The predicted molar refractivity (Wildman–Crippen MR) is 129 cm³/mol. The molecule has 3 rings (SSSR count). The molecule has 0 aliphatic carbocycles. The number of carbonyl (C=O) groups is 1. The van der Waals surface area contributed by atoms with Crippen molar-refractivity contribution >= 4 is 16.0 Å². The Morgan fingerprint density at radius 3 is 2.09 bits per heavy atom. The summed E-state index contributed by atoms with van der Waals surface area (Å²) >= 11 is 0. The molecule has 2 N–H and O–H groups in total. The number of sulfonamides is 1. The fourth-order valence-electron chi connectivity index (χ4n) is 3.67. The van der Waals surface area contributed by atoms with Gasteiger partial charge in [0.25, 0.3) is 0 Å². The summed E-state index contributed by atoms with van der Waals surface area (Å²) in [6.07, 6.45) is 0. The average molecular weight is 467 g/mol. The molecule has 0 amide bonds. The summed E-state index contributed by atoms with van der Waals surface area (Å²) in [6, 6.07) is 24.8. The molecule has 0 heterocycles. The molecule has 0 saturated heterocycles. The van der Waals surface area contributed by atoms with Gasteiger partial charge in [-0.2, -0.15) is 4.72 Å². The molecular weight excluding hydrogens is 436 g/mol. The van der Waals surface area contributed by atoms with E-state index in [4.69, 9.17) is 4.74 Å². The molecule has 33 heavy (non-hydrogen) atoms. The van der Waals surface area contributed by atoms with Crippen LogP contribution in [0.1, 0.15) is 36.6 Å². The van der Waals surface area contributed by atoms with Crippen LogP contribution in [0.3, 0.4) is 0 Å². The van der Waals surface area contributed by atoms with Crippen LogP contribution in [0, 0.1) is 6.92 Å². The number of nitrogens with one attached hydrogen (secondary N) is 2. The highest BCUT2D eigenvalue weighted by Crippen LogP contribution is 2.30. The van der Waals surface area contributed by atoms with E-state index in [1.807, 2.05) is 67.6 Å². The summed E-state index contributed by atoms with van der Waals surface area (Å²) in [6.45, 7) is 5.70. The lowest BCUT2D eigenvalue weighted by Gasteiger charge is -2.37. The van der Waals surface area contributed by atoms with Gasteiger partial charge in [-0.05, 0) is 44.0 Å². The van der Waals surface area contributed by atoms with Crippen LogP contribution in [0.4, 0.5) is 0 Å². The first kappa shape index (κ1) is 24.6. The summed E-state index contributed by atoms with van der Waals surface area (Å²) in [4.78, 5) is 13.3. The second kappa shape index (κ2) is 10.7. The molecule has 0 saturated carbocycles. The van der Waals surface area contributed by atoms with Gasteiger partial charge in [0, 0.05) is 6.54 Å². The van der Waals surface area contributed by atoms with Gasteiger partial charge in [-0.3, -0.25) is 0 Å². The van der Waals surface area contributed by atoms with Crippen LogP contribution in [0.5, 0.6) is 0 Å². The first-order valence-electron chi connectivity index (χ1n) is 10.9. The number of hydrogen-bond acceptors (Lipinski definition) is 5. The highest BCUT2D eigenvalue weighted by Gasteiger charge is 2.46. The van der Waals surface area contributed by atoms with Crippen LogP contribution in [-0.2, 0) is 26.1 Å². The van der Waals surface area contributed by atoms with Crippen molar-refractivity contribution in [2.75, 3.05) is 6.61 Å². The van der Waals surface area contributed by atoms with E-state index >= 15 is 0 Å². The zero-order valence-electron chi connectivity index (χ0n) is 19.1. The van der Waals surface area contributed by atoms with E-state index in [0.29, 0.717) is 6.54 Å². The zero-order valence-corrected chi connectivity index (χ0v) is 19.9. The highest BCUT2D eigenvalue weighted by molar-refractivity contribution is 7.89. The van der Waals surface area contributed by atoms with Crippen molar-refractivity contribution < 1.29 is 17.9 Å². The Morgan fingerprint density at radius 1 is 0.939 bits per heavy atom. The van der Waals surface area contributed by atoms with Crippen molar-refractivity contribution in [3.8, 4) is 0 Å². The smallest absolute Gasteiger partial charge is 0.329 e. The minimum atomic E-state index is -4.02. The molecule has 0 spiro atoms. The van der Waals surface area contributed by atoms with Crippen molar-refractivity contribution in [3.63, 3.8) is 0 Å². The maximum atomic E-state index is 13.3. The molecule has 3 aromatic carbocycles. The molecule has 0 fully saturated rings. The van der Waals surface area contributed by atoms with E-state index in [9.17, 15) is 13.2 Å². The van der Waals surface area contributed by atoms with E-state index in [1.54, 1.807) is 26.0 Å². The van der Waals surface area contributed by atoms with Crippen molar-refractivity contribution in [1.82, 2.24) is 10.0 Å². The van der Waals surface area contributed by atoms with Crippen molar-refractivity contribution in [2.24, 2.45) is 0 Å². The van der Waals surface area contributed by atoms with E-state index < -0.39 is 27.6 Å². The molecule has 3 aromatic rings. The molecule has 0 aliphatic rings. The average Bonchev–Trinajstić information content (AvgIpc) is 2.80. The molecule has 7 heteroatoms. The summed E-state index contributed by atoms with van der Waals surface area (Å²) in [5.41, 5.74) is 1.09. The molecule has 2 atom stereocenters. The van der Waals surface area contributed by atoms with Crippen molar-refractivity contribution in [2.45, 2.75) is 43.8 Å². The Morgan fingerprint density at radius 2 is 1.52 bits per heavy atom. The van der Waals surface area contributed by atoms with Gasteiger partial charge in [-0.15, -0.1) is 0 Å². The minimum Gasteiger partial charge on any atom is -0.465 e. The molecule has 0 aromatic heterocycles. The van der Waals surface area contributed by atoms with Crippen LogP contribution in [0.2, 0.25) is 0 Å². The van der Waals surface area contributed by atoms with Gasteiger partial charge in [0.15, 0.2) is 0 Å². The zero-order chi connectivity index (χ0) is 23.9. The molecule has 0 aliphatic heterocycles. The van der Waals surface area contributed by atoms with E-state index in [-0.39, 0.29) is 11.5 Å². The normalized spacial score (nSPS) is 14.3. The van der Waals surface area contributed by atoms with Gasteiger partial charge in [0.05, 0.1) is 17.5 Å². The molecule has 0 bridgehead atoms. The Labute approximate surface area is 196 Å². The van der Waals surface area contributed by atoms with E-state index in [0.717, 1.165) is 16.7 Å². The van der Waals surface area contributed by atoms with Crippen LogP contribution < -0.4 is 10.0 Å². The van der Waals surface area contributed by atoms with Crippen molar-refractivity contribution in [3.05, 3.63) is 102 Å². The summed E-state index contributed by atoms with van der Waals surface area (Å²) in [5.74, 6) is -0.657. The van der Waals surface area contributed by atoms with Crippen LogP contribution in [-0.4, -0.2) is 26.5 Å². The van der Waals surface area contributed by atoms with Gasteiger partial charge in [-0.1, -0.05) is 78.4 Å². The number of aryl methyl sites for hydroxylation is 1. The molecule has 174 valence electrons. The molecule has 6 nitrogen and oxygen atoms in total. The number of ether oxygens (including phenoxy) is 1. The second-order valence-corrected chi connectivity index (χ2v) is 9.73. The lowest BCUT2D eigenvalue weighted by atomic mass is 9.87. The lowest BCUT2D eigenvalue weighted by molar-refractivity contribution is -0.151. The third-order valence-electron chi connectivity index (χ3n) is 5.44. The Hall–Kier alpha value is -3.00. The molecule has 0 unspecified atom stereocenters. The van der Waals surface area contributed by atoms with Gasteiger partial charge in [0.1, 0.15) is 5.54 Å². The van der Waals surface area contributed by atoms with E-state index in [2.05, 4.69) is 10.0 Å². The van der Waals surface area contributed by atoms with Gasteiger partial charge in [-0.25, -0.2) is 13.2 Å². The Balaban J connectivity index is 2.04. The predicted octanol–water partition coefficient (Wildman–Crippen LogP) is 4.13. The number of esters is 1. The SMILES string of the molecule is CCOC(=O)[C@@](C)(NS(=O)(=O)c1ccc(C)cc1)[C@@H](NCc1ccccc1)c1ccccc1. The van der Waals surface area contributed by atoms with Gasteiger partial charge >= 0.3 is 5.97 Å². The van der Waals surface area contributed by atoms with Crippen LogP contribution in [0.25, 0.3) is 0 Å². The number of carbonyl (C=O) groups excluding carboxylic acids is 1. The standard InChI is InChI=1S/C26H30N2O4S/c1-4-32-25(29)26(3,28-33(30,31)23-17-15-20(2)16-18-23)24(22-13-9-6-10-14-22)27-19-21-11-7-5-8-12-21/h5-18,24,27-28H,4,19H2,1-3H3/t24-,26-/m0/s1. The maximum absolute atomic E-state index is 13.3. The number of hydrogen-bond donors (Lipinski definition) is 2. The summed E-state index contributed by atoms with van der Waals surface area (Å²) in [7, 11) is -4.02. The lowest BCUT2D eigenvalue weighted by Crippen LogP contribution is -2.60. The van der Waals surface area contributed by atoms with Gasteiger partial charge < -0.3 is 10.1 Å². The Bertz CT molecular complexity index is 1150. The van der Waals surface area contributed by atoms with Gasteiger partial charge in [0.2, 0.25) is 10.0 Å². The third kappa shape index (κ3) is 6.07. The highest BCUT2D eigenvalue weighted by atomic mass is 32.2. The topological polar surface area (TPSA) is 84.5 Å². The monoisotopic (exact) mass is 466 g/mol. The largest absolute Gasteiger partial charge is 0.465 e. The number of rotatable bonds is 10.